The highest BCUT2D eigenvalue weighted by Gasteiger charge is 2.37. The number of allylic oxidation sites excluding steroid dienone is 2. The molecule has 1 amide bonds. The quantitative estimate of drug-likeness (QED) is 0.421. The highest BCUT2D eigenvalue weighted by atomic mass is 35.5. The Labute approximate surface area is 219 Å². The van der Waals surface area contributed by atoms with Crippen LogP contribution in [0.25, 0.3) is 11.3 Å². The van der Waals surface area contributed by atoms with Gasteiger partial charge in [0, 0.05) is 31.3 Å². The van der Waals surface area contributed by atoms with Gasteiger partial charge < -0.3 is 14.8 Å². The third-order valence-corrected chi connectivity index (χ3v) is 6.25. The third-order valence-electron chi connectivity index (χ3n) is 6.06. The van der Waals surface area contributed by atoms with Gasteiger partial charge >= 0.3 is 6.16 Å². The van der Waals surface area contributed by atoms with Crippen LogP contribution < -0.4 is 5.32 Å². The zero-order chi connectivity index (χ0) is 26.5. The van der Waals surface area contributed by atoms with E-state index in [1.54, 1.807) is 48.4 Å². The van der Waals surface area contributed by atoms with Gasteiger partial charge in [-0.15, -0.1) is 0 Å². The van der Waals surface area contributed by atoms with Crippen LogP contribution in [-0.4, -0.2) is 45.8 Å². The zero-order valence-electron chi connectivity index (χ0n) is 20.8. The summed E-state index contributed by atoms with van der Waals surface area (Å²) in [5, 5.41) is 7.56. The van der Waals surface area contributed by atoms with Crippen molar-refractivity contribution >= 4 is 35.0 Å². The Morgan fingerprint density at radius 2 is 1.97 bits per heavy atom. The number of benzene rings is 1. The Morgan fingerprint density at radius 1 is 1.22 bits per heavy atom. The number of Topliss-reactive ketones (excluding diaryl/α,β-unsaturated/α-hetero) is 1. The van der Waals surface area contributed by atoms with E-state index in [2.05, 4.69) is 15.4 Å². The van der Waals surface area contributed by atoms with E-state index >= 15 is 0 Å². The largest absolute Gasteiger partial charge is 0.513 e. The van der Waals surface area contributed by atoms with Gasteiger partial charge in [0.1, 0.15) is 11.5 Å². The molecule has 0 spiro atoms. The fourth-order valence-electron chi connectivity index (χ4n) is 4.45. The van der Waals surface area contributed by atoms with E-state index in [4.69, 9.17) is 21.1 Å². The average molecular weight is 523 g/mol. The summed E-state index contributed by atoms with van der Waals surface area (Å²) in [6.45, 7) is 5.87. The van der Waals surface area contributed by atoms with Crippen LogP contribution in [0.2, 0.25) is 5.02 Å². The molecule has 1 unspecified atom stereocenters. The standard InChI is InChI=1S/C27H27ClN4O5/c1-4-36-27(35)37-22-13-18(8-10-30-26(34)21-7-5-6-9-29-21)25(33)24(22)23-16(2)11-20(12-17(23)3)32-15-19(28)14-31-32/h5-7,9,11-12,14-15,18H,4,8,10,13H2,1-3H3,(H,30,34). The lowest BCUT2D eigenvalue weighted by atomic mass is 9.91. The van der Waals surface area contributed by atoms with E-state index in [1.807, 2.05) is 26.0 Å². The van der Waals surface area contributed by atoms with Crippen molar-refractivity contribution in [2.75, 3.05) is 13.2 Å². The summed E-state index contributed by atoms with van der Waals surface area (Å²) in [7, 11) is 0. The molecule has 4 rings (SSSR count). The summed E-state index contributed by atoms with van der Waals surface area (Å²) in [5.74, 6) is -0.659. The van der Waals surface area contributed by atoms with E-state index in [9.17, 15) is 14.4 Å². The van der Waals surface area contributed by atoms with Crippen molar-refractivity contribution in [1.29, 1.82) is 0 Å². The topological polar surface area (TPSA) is 112 Å². The van der Waals surface area contributed by atoms with Gasteiger partial charge in [0.15, 0.2) is 5.78 Å². The summed E-state index contributed by atoms with van der Waals surface area (Å²) in [4.78, 5) is 42.2. The number of amides is 1. The average Bonchev–Trinajstić information content (AvgIpc) is 3.43. The first-order chi connectivity index (χ1) is 17.8. The number of hydrogen-bond acceptors (Lipinski definition) is 7. The third kappa shape index (κ3) is 5.89. The lowest BCUT2D eigenvalue weighted by Gasteiger charge is -2.15. The van der Waals surface area contributed by atoms with Crippen molar-refractivity contribution in [1.82, 2.24) is 20.1 Å². The first-order valence-corrected chi connectivity index (χ1v) is 12.3. The predicted octanol–water partition coefficient (Wildman–Crippen LogP) is 4.83. The molecule has 2 heterocycles. The second kappa shape index (κ2) is 11.4. The minimum absolute atomic E-state index is 0.146. The van der Waals surface area contributed by atoms with Gasteiger partial charge in [-0.3, -0.25) is 14.6 Å². The predicted molar refractivity (Wildman–Crippen MR) is 137 cm³/mol. The van der Waals surface area contributed by atoms with Crippen LogP contribution in [0, 0.1) is 19.8 Å². The second-order valence-corrected chi connectivity index (χ2v) is 9.10. The summed E-state index contributed by atoms with van der Waals surface area (Å²) in [6, 6.07) is 8.87. The number of carbonyl (C=O) groups is 3. The molecule has 2 aromatic heterocycles. The first-order valence-electron chi connectivity index (χ1n) is 11.9. The van der Waals surface area contributed by atoms with E-state index in [0.717, 1.165) is 16.8 Å². The molecule has 0 radical (unpaired) electrons. The van der Waals surface area contributed by atoms with Crippen molar-refractivity contribution in [3.8, 4) is 5.69 Å². The van der Waals surface area contributed by atoms with Crippen molar-refractivity contribution in [2.24, 2.45) is 5.92 Å². The molecule has 1 aliphatic rings. The number of hydrogen-bond donors (Lipinski definition) is 1. The molecule has 37 heavy (non-hydrogen) atoms. The Bertz CT molecular complexity index is 1340. The van der Waals surface area contributed by atoms with Gasteiger partial charge in [0.25, 0.3) is 5.91 Å². The number of ketones is 1. The molecular weight excluding hydrogens is 496 g/mol. The van der Waals surface area contributed by atoms with E-state index in [0.29, 0.717) is 28.3 Å². The molecule has 3 aromatic rings. The Morgan fingerprint density at radius 3 is 2.59 bits per heavy atom. The first kappa shape index (κ1) is 26.1. The van der Waals surface area contributed by atoms with Crippen LogP contribution in [0.15, 0.2) is 54.7 Å². The number of ether oxygens (including phenoxy) is 2. The summed E-state index contributed by atoms with van der Waals surface area (Å²) < 4.78 is 12.1. The van der Waals surface area contributed by atoms with Crippen LogP contribution in [0.1, 0.15) is 46.9 Å². The Hall–Kier alpha value is -3.98. The Kier molecular flexibility index (Phi) is 8.03. The van der Waals surface area contributed by atoms with Gasteiger partial charge in [0.2, 0.25) is 0 Å². The number of pyridine rings is 1. The normalized spacial score (nSPS) is 15.1. The fraction of sp³-hybridized carbons (Fsp3) is 0.296. The minimum atomic E-state index is -0.856. The fourth-order valence-corrected chi connectivity index (χ4v) is 4.59. The van der Waals surface area contributed by atoms with Crippen LogP contribution in [0.4, 0.5) is 4.79 Å². The molecule has 192 valence electrons. The van der Waals surface area contributed by atoms with Crippen molar-refractivity contribution in [2.45, 2.75) is 33.6 Å². The molecule has 0 saturated carbocycles. The Balaban J connectivity index is 1.58. The van der Waals surface area contributed by atoms with E-state index in [1.165, 1.54) is 0 Å². The molecule has 10 heteroatoms. The number of nitrogens with one attached hydrogen (secondary N) is 1. The SMILES string of the molecule is CCOC(=O)OC1=C(c2c(C)cc(-n3cc(Cl)cn3)cc2C)C(=O)C(CCNC(=O)c2ccccn2)C1. The summed E-state index contributed by atoms with van der Waals surface area (Å²) in [5.41, 5.74) is 3.78. The zero-order valence-corrected chi connectivity index (χ0v) is 21.5. The van der Waals surface area contributed by atoms with Crippen molar-refractivity contribution in [3.63, 3.8) is 0 Å². The van der Waals surface area contributed by atoms with Gasteiger partial charge in [-0.05, 0) is 68.1 Å². The smallest absolute Gasteiger partial charge is 0.434 e. The van der Waals surface area contributed by atoms with Crippen LogP contribution >= 0.6 is 11.6 Å². The van der Waals surface area contributed by atoms with Crippen LogP contribution in [-0.2, 0) is 14.3 Å². The number of rotatable bonds is 8. The van der Waals surface area contributed by atoms with Crippen LogP contribution in [0.5, 0.6) is 0 Å². The maximum Gasteiger partial charge on any atom is 0.513 e. The monoisotopic (exact) mass is 522 g/mol. The molecule has 9 nitrogen and oxygen atoms in total. The van der Waals surface area contributed by atoms with Gasteiger partial charge in [-0.25, -0.2) is 9.48 Å². The van der Waals surface area contributed by atoms with E-state index < -0.39 is 12.1 Å². The number of halogens is 1. The van der Waals surface area contributed by atoms with Crippen molar-refractivity contribution in [3.05, 3.63) is 82.1 Å². The van der Waals surface area contributed by atoms with E-state index in [-0.39, 0.29) is 37.0 Å². The lowest BCUT2D eigenvalue weighted by molar-refractivity contribution is -0.116. The molecule has 0 saturated heterocycles. The van der Waals surface area contributed by atoms with Crippen LogP contribution in [0.3, 0.4) is 0 Å². The van der Waals surface area contributed by atoms with Gasteiger partial charge in [-0.1, -0.05) is 17.7 Å². The minimum Gasteiger partial charge on any atom is -0.434 e. The summed E-state index contributed by atoms with van der Waals surface area (Å²) >= 11 is 6.02. The molecule has 1 atom stereocenters. The summed E-state index contributed by atoms with van der Waals surface area (Å²) in [6.07, 6.45) is 4.53. The highest BCUT2D eigenvalue weighted by molar-refractivity contribution is 6.30. The number of aromatic nitrogens is 3. The molecular formula is C27H27ClN4O5. The second-order valence-electron chi connectivity index (χ2n) is 8.67. The maximum atomic E-state index is 13.6. The van der Waals surface area contributed by atoms with Gasteiger partial charge in [-0.2, -0.15) is 5.10 Å². The van der Waals surface area contributed by atoms with Gasteiger partial charge in [0.05, 0.1) is 29.1 Å². The molecule has 1 aromatic carbocycles. The maximum absolute atomic E-state index is 13.6. The number of nitrogens with zero attached hydrogens (tertiary/aromatic N) is 3. The van der Waals surface area contributed by atoms with Crippen molar-refractivity contribution < 1.29 is 23.9 Å². The number of aryl methyl sites for hydroxylation is 2. The molecule has 1 aliphatic carbocycles. The molecule has 0 aliphatic heterocycles. The molecule has 0 fully saturated rings. The molecule has 1 N–H and O–H groups in total. The lowest BCUT2D eigenvalue weighted by Crippen LogP contribution is -2.27. The highest BCUT2D eigenvalue weighted by Crippen LogP contribution is 2.40. The number of carbonyl (C=O) groups excluding carboxylic acids is 3. The molecule has 0 bridgehead atoms.